The van der Waals surface area contributed by atoms with Crippen LogP contribution in [-0.4, -0.2) is 35.6 Å². The van der Waals surface area contributed by atoms with Crippen LogP contribution in [0.4, 0.5) is 14.9 Å². The SMILES string of the molecule is COc1cc(/C=C2\SC(=O)N(CC(=O)Nc3ccc(F)cc3)C2=O)cc(Br)c1OCc1ccc(Br)cc1. The van der Waals surface area contributed by atoms with Gasteiger partial charge in [-0.05, 0) is 93.4 Å². The molecule has 0 bridgehead atoms. The average molecular weight is 650 g/mol. The number of methoxy groups -OCH3 is 1. The third kappa shape index (κ3) is 6.79. The number of nitrogens with one attached hydrogen (secondary N) is 1. The minimum Gasteiger partial charge on any atom is -0.493 e. The van der Waals surface area contributed by atoms with E-state index in [9.17, 15) is 18.8 Å². The predicted molar refractivity (Wildman–Crippen MR) is 147 cm³/mol. The van der Waals surface area contributed by atoms with Crippen LogP contribution in [-0.2, 0) is 16.2 Å². The maximum absolute atomic E-state index is 13.1. The highest BCUT2D eigenvalue weighted by molar-refractivity contribution is 9.10. The molecule has 37 heavy (non-hydrogen) atoms. The second kappa shape index (κ2) is 11.9. The summed E-state index contributed by atoms with van der Waals surface area (Å²) in [7, 11) is 1.51. The van der Waals surface area contributed by atoms with Crippen LogP contribution in [0.25, 0.3) is 6.08 Å². The van der Waals surface area contributed by atoms with Crippen LogP contribution in [0.5, 0.6) is 11.5 Å². The lowest BCUT2D eigenvalue weighted by molar-refractivity contribution is -0.127. The Labute approximate surface area is 233 Å². The fourth-order valence-corrected chi connectivity index (χ4v) is 5.04. The standard InChI is InChI=1S/C26H19Br2FN2O5S/c1-35-21-11-16(10-20(28)24(21)36-14-15-2-4-17(27)5-3-15)12-22-25(33)31(26(34)37-22)13-23(32)30-19-8-6-18(29)7-9-19/h2-12H,13-14H2,1H3,(H,30,32)/b22-12-. The Hall–Kier alpha value is -3.15. The lowest BCUT2D eigenvalue weighted by Crippen LogP contribution is -2.36. The fourth-order valence-electron chi connectivity index (χ4n) is 3.36. The molecule has 0 unspecified atom stereocenters. The third-order valence-corrected chi connectivity index (χ3v) is 7.17. The van der Waals surface area contributed by atoms with E-state index in [-0.39, 0.29) is 4.91 Å². The highest BCUT2D eigenvalue weighted by atomic mass is 79.9. The largest absolute Gasteiger partial charge is 0.493 e. The van der Waals surface area contributed by atoms with Gasteiger partial charge in [-0.15, -0.1) is 0 Å². The molecule has 190 valence electrons. The maximum Gasteiger partial charge on any atom is 0.294 e. The Morgan fingerprint density at radius 1 is 1.08 bits per heavy atom. The summed E-state index contributed by atoms with van der Waals surface area (Å²) >= 11 is 7.63. The van der Waals surface area contributed by atoms with Crippen LogP contribution in [0.2, 0.25) is 0 Å². The number of carbonyl (C=O) groups excluding carboxylic acids is 3. The third-order valence-electron chi connectivity index (χ3n) is 5.15. The van der Waals surface area contributed by atoms with E-state index in [1.54, 1.807) is 18.2 Å². The topological polar surface area (TPSA) is 84.9 Å². The first-order valence-corrected chi connectivity index (χ1v) is 13.2. The molecule has 11 heteroatoms. The molecule has 1 fully saturated rings. The number of hydrogen-bond donors (Lipinski definition) is 1. The molecule has 0 spiro atoms. The molecule has 0 atom stereocenters. The first-order valence-electron chi connectivity index (χ1n) is 10.8. The number of benzene rings is 3. The zero-order chi connectivity index (χ0) is 26.5. The summed E-state index contributed by atoms with van der Waals surface area (Å²) in [5.41, 5.74) is 1.92. The number of ether oxygens (including phenoxy) is 2. The summed E-state index contributed by atoms with van der Waals surface area (Å²) in [4.78, 5) is 38.7. The first kappa shape index (κ1) is 26.9. The van der Waals surface area contributed by atoms with Crippen molar-refractivity contribution in [3.05, 3.63) is 91.5 Å². The van der Waals surface area contributed by atoms with Gasteiger partial charge in [-0.1, -0.05) is 28.1 Å². The van der Waals surface area contributed by atoms with Crippen LogP contribution >= 0.6 is 43.6 Å². The molecule has 0 radical (unpaired) electrons. The van der Waals surface area contributed by atoms with Gasteiger partial charge in [0.05, 0.1) is 16.5 Å². The number of rotatable bonds is 8. The quantitative estimate of drug-likeness (QED) is 0.276. The summed E-state index contributed by atoms with van der Waals surface area (Å²) in [6.45, 7) is -0.143. The molecule has 1 aliphatic rings. The number of amides is 3. The van der Waals surface area contributed by atoms with Gasteiger partial charge in [0.1, 0.15) is 19.0 Å². The second-order valence-electron chi connectivity index (χ2n) is 7.77. The molecule has 3 aromatic carbocycles. The van der Waals surface area contributed by atoms with Gasteiger partial charge < -0.3 is 14.8 Å². The van der Waals surface area contributed by atoms with Gasteiger partial charge in [0.2, 0.25) is 5.91 Å². The summed E-state index contributed by atoms with van der Waals surface area (Å²) in [5.74, 6) is -0.674. The van der Waals surface area contributed by atoms with Crippen LogP contribution in [0, 0.1) is 5.82 Å². The summed E-state index contributed by atoms with van der Waals surface area (Å²) in [6.07, 6.45) is 1.55. The molecule has 0 aliphatic carbocycles. The van der Waals surface area contributed by atoms with Crippen molar-refractivity contribution < 1.29 is 28.2 Å². The minimum absolute atomic E-state index is 0.164. The Morgan fingerprint density at radius 2 is 1.78 bits per heavy atom. The molecule has 0 saturated carbocycles. The normalized spacial score (nSPS) is 14.3. The molecule has 1 aliphatic heterocycles. The molecule has 0 aromatic heterocycles. The van der Waals surface area contributed by atoms with E-state index < -0.39 is 29.4 Å². The van der Waals surface area contributed by atoms with Gasteiger partial charge in [-0.2, -0.15) is 0 Å². The number of carbonyl (C=O) groups is 3. The van der Waals surface area contributed by atoms with Gasteiger partial charge in [-0.3, -0.25) is 19.3 Å². The minimum atomic E-state index is -0.588. The molecule has 1 saturated heterocycles. The van der Waals surface area contributed by atoms with Crippen molar-refractivity contribution in [3.8, 4) is 11.5 Å². The Bertz CT molecular complexity index is 1380. The van der Waals surface area contributed by atoms with Gasteiger partial charge >= 0.3 is 0 Å². The average Bonchev–Trinajstić information content (AvgIpc) is 3.12. The van der Waals surface area contributed by atoms with Gasteiger partial charge in [0, 0.05) is 10.2 Å². The monoisotopic (exact) mass is 648 g/mol. The van der Waals surface area contributed by atoms with E-state index >= 15 is 0 Å². The molecule has 4 rings (SSSR count). The highest BCUT2D eigenvalue weighted by Crippen LogP contribution is 2.39. The molecule has 1 N–H and O–H groups in total. The van der Waals surface area contributed by atoms with E-state index in [1.165, 1.54) is 31.4 Å². The highest BCUT2D eigenvalue weighted by Gasteiger charge is 2.36. The molecule has 3 aromatic rings. The zero-order valence-corrected chi connectivity index (χ0v) is 23.3. The molecular weight excluding hydrogens is 631 g/mol. The number of imide groups is 1. The van der Waals surface area contributed by atoms with Gasteiger partial charge in [-0.25, -0.2) is 4.39 Å². The fraction of sp³-hybridized carbons (Fsp3) is 0.115. The van der Waals surface area contributed by atoms with Crippen molar-refractivity contribution in [1.82, 2.24) is 4.90 Å². The second-order valence-corrected chi connectivity index (χ2v) is 10.5. The predicted octanol–water partition coefficient (Wildman–Crippen LogP) is 6.61. The lowest BCUT2D eigenvalue weighted by atomic mass is 10.1. The number of anilines is 1. The zero-order valence-electron chi connectivity index (χ0n) is 19.3. The van der Waals surface area contributed by atoms with Crippen molar-refractivity contribution in [2.24, 2.45) is 0 Å². The van der Waals surface area contributed by atoms with E-state index in [0.29, 0.717) is 33.8 Å². The Morgan fingerprint density at radius 3 is 2.46 bits per heavy atom. The molecule has 3 amide bonds. The van der Waals surface area contributed by atoms with Crippen LogP contribution < -0.4 is 14.8 Å². The smallest absolute Gasteiger partial charge is 0.294 e. The number of hydrogen-bond acceptors (Lipinski definition) is 6. The Balaban J connectivity index is 1.46. The molecule has 1 heterocycles. The number of thioether (sulfide) groups is 1. The van der Waals surface area contributed by atoms with Crippen molar-refractivity contribution in [3.63, 3.8) is 0 Å². The van der Waals surface area contributed by atoms with Gasteiger partial charge in [0.15, 0.2) is 11.5 Å². The van der Waals surface area contributed by atoms with Crippen molar-refractivity contribution in [1.29, 1.82) is 0 Å². The number of halogens is 3. The van der Waals surface area contributed by atoms with E-state index in [0.717, 1.165) is 26.7 Å². The van der Waals surface area contributed by atoms with Crippen molar-refractivity contribution in [2.75, 3.05) is 19.0 Å². The van der Waals surface area contributed by atoms with E-state index in [1.807, 2.05) is 24.3 Å². The summed E-state index contributed by atoms with van der Waals surface area (Å²) in [6, 6.07) is 16.3. The molecule has 7 nitrogen and oxygen atoms in total. The van der Waals surface area contributed by atoms with Crippen LogP contribution in [0.3, 0.4) is 0 Å². The molecular formula is C26H19Br2FN2O5S. The summed E-state index contributed by atoms with van der Waals surface area (Å²) < 4.78 is 26.1. The Kier molecular flexibility index (Phi) is 8.67. The van der Waals surface area contributed by atoms with E-state index in [2.05, 4.69) is 37.2 Å². The number of nitrogens with zero attached hydrogens (tertiary/aromatic N) is 1. The van der Waals surface area contributed by atoms with E-state index in [4.69, 9.17) is 9.47 Å². The van der Waals surface area contributed by atoms with Crippen molar-refractivity contribution >= 4 is 72.4 Å². The first-order chi connectivity index (χ1) is 17.7. The summed E-state index contributed by atoms with van der Waals surface area (Å²) in [5, 5.41) is 1.97. The van der Waals surface area contributed by atoms with Crippen LogP contribution in [0.1, 0.15) is 11.1 Å². The lowest BCUT2D eigenvalue weighted by Gasteiger charge is -2.14. The van der Waals surface area contributed by atoms with Crippen molar-refractivity contribution in [2.45, 2.75) is 6.61 Å². The van der Waals surface area contributed by atoms with Gasteiger partial charge in [0.25, 0.3) is 11.1 Å². The van der Waals surface area contributed by atoms with Crippen LogP contribution in [0.15, 0.2) is 74.5 Å². The maximum atomic E-state index is 13.1.